The highest BCUT2D eigenvalue weighted by Crippen LogP contribution is 2.46. The molecule has 0 aliphatic carbocycles. The third kappa shape index (κ3) is 5.29. The van der Waals surface area contributed by atoms with Crippen molar-refractivity contribution in [3.05, 3.63) is 48.0 Å². The van der Waals surface area contributed by atoms with E-state index in [-0.39, 0.29) is 17.8 Å². The first-order chi connectivity index (χ1) is 14.9. The van der Waals surface area contributed by atoms with Crippen LogP contribution in [0.4, 0.5) is 11.4 Å². The number of nitrogens with zero attached hydrogens (tertiary/aromatic N) is 1. The van der Waals surface area contributed by atoms with Crippen LogP contribution >= 0.6 is 11.8 Å². The molecule has 0 amide bonds. The van der Waals surface area contributed by atoms with Gasteiger partial charge in [0.05, 0.1) is 22.9 Å². The van der Waals surface area contributed by atoms with Gasteiger partial charge in [0.25, 0.3) is 0 Å². The van der Waals surface area contributed by atoms with E-state index in [9.17, 15) is 13.5 Å². The van der Waals surface area contributed by atoms with E-state index in [4.69, 9.17) is 0 Å². The van der Waals surface area contributed by atoms with E-state index in [2.05, 4.69) is 30.9 Å². The monoisotopic (exact) mass is 461 g/mol. The molecule has 0 bridgehead atoms. The van der Waals surface area contributed by atoms with Crippen molar-refractivity contribution in [1.29, 1.82) is 0 Å². The fourth-order valence-corrected chi connectivity index (χ4v) is 7.45. The van der Waals surface area contributed by atoms with E-state index in [1.165, 1.54) is 0 Å². The molecular weight excluding hydrogens is 426 g/mol. The molecule has 4 nitrogen and oxygen atoms in total. The third-order valence-corrected chi connectivity index (χ3v) is 9.15. The molecular formula is C25H35NO3S2. The molecule has 0 radical (unpaired) electrons. The molecule has 6 heteroatoms. The molecule has 1 aliphatic rings. The van der Waals surface area contributed by atoms with Crippen LogP contribution in [0, 0.1) is 5.41 Å². The number of aliphatic hydroxyl groups excluding tert-OH is 1. The number of para-hydroxylation sites is 1. The lowest BCUT2D eigenvalue weighted by atomic mass is 9.79. The molecule has 0 fully saturated rings. The molecule has 1 heterocycles. The molecule has 0 aromatic heterocycles. The summed E-state index contributed by atoms with van der Waals surface area (Å²) in [6.07, 6.45) is 7.93. The molecule has 0 spiro atoms. The average Bonchev–Trinajstić information content (AvgIpc) is 2.88. The molecule has 1 aliphatic heterocycles. The molecule has 2 aromatic rings. The van der Waals surface area contributed by atoms with Crippen LogP contribution in [0.3, 0.4) is 0 Å². The topological polar surface area (TPSA) is 57.6 Å². The first kappa shape index (κ1) is 24.1. The Kier molecular flexibility index (Phi) is 8.11. The van der Waals surface area contributed by atoms with Gasteiger partial charge < -0.3 is 10.0 Å². The van der Waals surface area contributed by atoms with Gasteiger partial charge in [-0.1, -0.05) is 57.7 Å². The van der Waals surface area contributed by atoms with Crippen molar-refractivity contribution in [2.45, 2.75) is 68.8 Å². The first-order valence-corrected chi connectivity index (χ1v) is 14.1. The van der Waals surface area contributed by atoms with E-state index in [1.807, 2.05) is 30.5 Å². The Hall–Kier alpha value is -1.50. The van der Waals surface area contributed by atoms with E-state index in [0.717, 1.165) is 54.8 Å². The quantitative estimate of drug-likeness (QED) is 0.451. The van der Waals surface area contributed by atoms with Gasteiger partial charge in [0.1, 0.15) is 0 Å². The van der Waals surface area contributed by atoms with Crippen LogP contribution in [-0.4, -0.2) is 32.1 Å². The van der Waals surface area contributed by atoms with E-state index >= 15 is 0 Å². The first-order valence-electron chi connectivity index (χ1n) is 11.3. The van der Waals surface area contributed by atoms with Crippen LogP contribution < -0.4 is 4.90 Å². The van der Waals surface area contributed by atoms with Crippen LogP contribution in [-0.2, 0) is 16.4 Å². The van der Waals surface area contributed by atoms with Gasteiger partial charge >= 0.3 is 0 Å². The highest BCUT2D eigenvalue weighted by Gasteiger charge is 2.42. The van der Waals surface area contributed by atoms with Crippen molar-refractivity contribution in [1.82, 2.24) is 0 Å². The van der Waals surface area contributed by atoms with Crippen LogP contribution in [0.15, 0.2) is 52.3 Å². The normalized spacial score (nSPS) is 17.2. The molecule has 3 rings (SSSR count). The summed E-state index contributed by atoms with van der Waals surface area (Å²) in [6.45, 7) is 4.86. The second-order valence-corrected chi connectivity index (χ2v) is 11.5. The molecule has 0 atom stereocenters. The predicted molar refractivity (Wildman–Crippen MR) is 131 cm³/mol. The Labute approximate surface area is 192 Å². The number of hydrogen-bond donors (Lipinski definition) is 1. The van der Waals surface area contributed by atoms with Gasteiger partial charge in [-0.25, -0.2) is 8.42 Å². The minimum absolute atomic E-state index is 0.166. The van der Waals surface area contributed by atoms with Crippen LogP contribution in [0.2, 0.25) is 0 Å². The zero-order valence-corrected chi connectivity index (χ0v) is 20.6. The zero-order chi connectivity index (χ0) is 22.5. The fourth-order valence-electron chi connectivity index (χ4n) is 4.68. The van der Waals surface area contributed by atoms with Crippen molar-refractivity contribution >= 4 is 33.0 Å². The summed E-state index contributed by atoms with van der Waals surface area (Å²) in [5, 5.41) is 9.89. The summed E-state index contributed by atoms with van der Waals surface area (Å²) in [5.41, 5.74) is 2.14. The number of hydrogen-bond acceptors (Lipinski definition) is 5. The maximum atomic E-state index is 13.8. The van der Waals surface area contributed by atoms with Crippen molar-refractivity contribution in [3.8, 4) is 0 Å². The largest absolute Gasteiger partial charge is 0.392 e. The Morgan fingerprint density at radius 1 is 1.06 bits per heavy atom. The Morgan fingerprint density at radius 2 is 1.71 bits per heavy atom. The molecule has 2 aromatic carbocycles. The summed E-state index contributed by atoms with van der Waals surface area (Å²) in [7, 11) is -3.51. The molecule has 0 unspecified atom stereocenters. The van der Waals surface area contributed by atoms with Crippen molar-refractivity contribution in [3.63, 3.8) is 0 Å². The lowest BCUT2D eigenvalue weighted by Crippen LogP contribution is -2.38. The Morgan fingerprint density at radius 3 is 2.26 bits per heavy atom. The second kappa shape index (κ2) is 10.4. The fraction of sp³-hybridized carbons (Fsp3) is 0.520. The maximum absolute atomic E-state index is 13.8. The molecule has 1 N–H and O–H groups in total. The van der Waals surface area contributed by atoms with Gasteiger partial charge in [0, 0.05) is 22.5 Å². The van der Waals surface area contributed by atoms with Crippen LogP contribution in [0.1, 0.15) is 57.9 Å². The highest BCUT2D eigenvalue weighted by atomic mass is 32.2. The summed E-state index contributed by atoms with van der Waals surface area (Å²) in [5.74, 6) is 0.166. The maximum Gasteiger partial charge on any atom is 0.181 e. The number of fused-ring (bicyclic) bond motifs is 1. The Balaban J connectivity index is 2.25. The third-order valence-electron chi connectivity index (χ3n) is 6.34. The summed E-state index contributed by atoms with van der Waals surface area (Å²) >= 11 is 1.54. The van der Waals surface area contributed by atoms with Gasteiger partial charge in [0.15, 0.2) is 9.84 Å². The number of thioether (sulfide) groups is 1. The lowest BCUT2D eigenvalue weighted by molar-refractivity contribution is 0.270. The van der Waals surface area contributed by atoms with E-state index < -0.39 is 9.84 Å². The SMILES string of the molecule is CCCCC1(CCCC)CN(c2ccccc2)c2cc(SC)c(CO)cc2S(=O)(=O)C1. The average molecular weight is 462 g/mol. The number of anilines is 2. The van der Waals surface area contributed by atoms with Gasteiger partial charge in [0.2, 0.25) is 0 Å². The predicted octanol–water partition coefficient (Wildman–Crippen LogP) is 6.19. The summed E-state index contributed by atoms with van der Waals surface area (Å²) in [4.78, 5) is 3.49. The minimum Gasteiger partial charge on any atom is -0.392 e. The standard InChI is InChI=1S/C25H35NO3S2/c1-4-6-13-25(14-7-5-2)18-26(21-11-9-8-10-12-21)22-16-23(30-3)20(17-27)15-24(22)31(28,29)19-25/h8-12,15-16,27H,4-7,13-14,17-19H2,1-3H3. The van der Waals surface area contributed by atoms with Crippen LogP contribution in [0.25, 0.3) is 0 Å². The van der Waals surface area contributed by atoms with Gasteiger partial charge in [-0.3, -0.25) is 0 Å². The highest BCUT2D eigenvalue weighted by molar-refractivity contribution is 7.98. The molecule has 0 saturated heterocycles. The van der Waals surface area contributed by atoms with Gasteiger partial charge in [-0.15, -0.1) is 11.8 Å². The number of unbranched alkanes of at least 4 members (excludes halogenated alkanes) is 2. The number of sulfone groups is 1. The second-order valence-electron chi connectivity index (χ2n) is 8.68. The number of aliphatic hydroxyl groups is 1. The van der Waals surface area contributed by atoms with Crippen molar-refractivity contribution < 1.29 is 13.5 Å². The zero-order valence-electron chi connectivity index (χ0n) is 18.9. The number of rotatable bonds is 9. The van der Waals surface area contributed by atoms with E-state index in [1.54, 1.807) is 17.8 Å². The summed E-state index contributed by atoms with van der Waals surface area (Å²) < 4.78 is 27.5. The minimum atomic E-state index is -3.51. The molecule has 0 saturated carbocycles. The van der Waals surface area contributed by atoms with Crippen LogP contribution in [0.5, 0.6) is 0 Å². The van der Waals surface area contributed by atoms with Gasteiger partial charge in [-0.05, 0) is 48.9 Å². The molecule has 170 valence electrons. The van der Waals surface area contributed by atoms with E-state index in [0.29, 0.717) is 17.0 Å². The van der Waals surface area contributed by atoms with Crippen molar-refractivity contribution in [2.24, 2.45) is 5.41 Å². The van der Waals surface area contributed by atoms with Crippen molar-refractivity contribution in [2.75, 3.05) is 23.5 Å². The smallest absolute Gasteiger partial charge is 0.181 e. The molecule has 31 heavy (non-hydrogen) atoms. The Bertz CT molecular complexity index is 966. The van der Waals surface area contributed by atoms with Gasteiger partial charge in [-0.2, -0.15) is 0 Å². The lowest BCUT2D eigenvalue weighted by Gasteiger charge is -2.37. The summed E-state index contributed by atoms with van der Waals surface area (Å²) in [6, 6.07) is 13.8. The number of benzene rings is 2.